The molecule has 0 aliphatic carbocycles. The minimum atomic E-state index is -0.317. The van der Waals surface area contributed by atoms with Crippen LogP contribution in [-0.4, -0.2) is 25.4 Å². The van der Waals surface area contributed by atoms with Gasteiger partial charge in [0, 0.05) is 13.2 Å². The molecule has 24 heavy (non-hydrogen) atoms. The lowest BCUT2D eigenvalue weighted by atomic mass is 9.78. The van der Waals surface area contributed by atoms with Gasteiger partial charge in [0.15, 0.2) is 0 Å². The SMILES string of the molecule is CCCCCCCOB(OCCCCCCC)c1ccc(O)cc1. The van der Waals surface area contributed by atoms with Gasteiger partial charge in [0.05, 0.1) is 0 Å². The normalized spacial score (nSPS) is 10.9. The van der Waals surface area contributed by atoms with Crippen molar-refractivity contribution in [2.45, 2.75) is 78.1 Å². The number of phenols is 1. The maximum absolute atomic E-state index is 9.45. The minimum absolute atomic E-state index is 0.275. The molecule has 0 radical (unpaired) electrons. The van der Waals surface area contributed by atoms with Gasteiger partial charge in [-0.15, -0.1) is 0 Å². The van der Waals surface area contributed by atoms with E-state index in [1.807, 2.05) is 12.1 Å². The molecule has 1 N–H and O–H groups in total. The van der Waals surface area contributed by atoms with Crippen LogP contribution in [0.5, 0.6) is 5.75 Å². The number of hydrogen-bond acceptors (Lipinski definition) is 3. The molecule has 136 valence electrons. The lowest BCUT2D eigenvalue weighted by Crippen LogP contribution is -2.37. The molecule has 0 heterocycles. The first-order valence-electron chi connectivity index (χ1n) is 9.80. The Morgan fingerprint density at radius 3 is 1.62 bits per heavy atom. The Kier molecular flexibility index (Phi) is 12.6. The molecule has 0 bridgehead atoms. The van der Waals surface area contributed by atoms with Crippen molar-refractivity contribution in [2.75, 3.05) is 13.2 Å². The van der Waals surface area contributed by atoms with Crippen LogP contribution in [0, 0.1) is 0 Å². The molecule has 0 saturated heterocycles. The molecular weight excluding hydrogens is 299 g/mol. The Bertz CT molecular complexity index is 378. The van der Waals surface area contributed by atoms with Crippen LogP contribution in [0.2, 0.25) is 0 Å². The first-order valence-corrected chi connectivity index (χ1v) is 9.80. The van der Waals surface area contributed by atoms with Gasteiger partial charge < -0.3 is 14.4 Å². The number of hydrogen-bond donors (Lipinski definition) is 1. The number of unbranched alkanes of at least 4 members (excludes halogenated alkanes) is 8. The summed E-state index contributed by atoms with van der Waals surface area (Å²) in [7, 11) is -0.317. The van der Waals surface area contributed by atoms with Crippen LogP contribution >= 0.6 is 0 Å². The van der Waals surface area contributed by atoms with Crippen molar-refractivity contribution in [1.29, 1.82) is 0 Å². The quantitative estimate of drug-likeness (QED) is 0.360. The molecule has 0 saturated carbocycles. The summed E-state index contributed by atoms with van der Waals surface area (Å²) in [6.07, 6.45) is 12.3. The zero-order valence-electron chi connectivity index (χ0n) is 15.6. The van der Waals surface area contributed by atoms with Crippen molar-refractivity contribution in [3.63, 3.8) is 0 Å². The maximum Gasteiger partial charge on any atom is 0.493 e. The standard InChI is InChI=1S/C20H35BO3/c1-3-5-7-9-11-17-23-21(19-13-15-20(22)16-14-19)24-18-12-10-8-6-4-2/h13-16,22H,3-12,17-18H2,1-2H3. The molecule has 1 aromatic carbocycles. The second-order valence-electron chi connectivity index (χ2n) is 6.49. The Morgan fingerprint density at radius 2 is 1.17 bits per heavy atom. The summed E-state index contributed by atoms with van der Waals surface area (Å²) in [6.45, 7) is 5.91. The summed E-state index contributed by atoms with van der Waals surface area (Å²) in [6, 6.07) is 7.15. The van der Waals surface area contributed by atoms with Crippen LogP contribution in [-0.2, 0) is 9.31 Å². The van der Waals surface area contributed by atoms with E-state index in [0.717, 1.165) is 31.5 Å². The average Bonchev–Trinajstić information content (AvgIpc) is 2.60. The maximum atomic E-state index is 9.45. The van der Waals surface area contributed by atoms with E-state index in [1.165, 1.54) is 51.4 Å². The fourth-order valence-electron chi connectivity index (χ4n) is 2.66. The van der Waals surface area contributed by atoms with E-state index in [4.69, 9.17) is 9.31 Å². The molecule has 0 unspecified atom stereocenters. The highest BCUT2D eigenvalue weighted by atomic mass is 16.6. The number of rotatable bonds is 15. The topological polar surface area (TPSA) is 38.7 Å². The lowest BCUT2D eigenvalue weighted by molar-refractivity contribution is 0.199. The Labute approximate surface area is 148 Å². The minimum Gasteiger partial charge on any atom is -0.508 e. The number of aromatic hydroxyl groups is 1. The summed E-state index contributed by atoms with van der Waals surface area (Å²) in [4.78, 5) is 0. The predicted molar refractivity (Wildman–Crippen MR) is 103 cm³/mol. The first kappa shape index (κ1) is 21.0. The predicted octanol–water partition coefficient (Wildman–Crippen LogP) is 5.06. The zero-order valence-corrected chi connectivity index (χ0v) is 15.6. The van der Waals surface area contributed by atoms with E-state index >= 15 is 0 Å². The highest BCUT2D eigenvalue weighted by Gasteiger charge is 2.20. The van der Waals surface area contributed by atoms with Crippen LogP contribution in [0.4, 0.5) is 0 Å². The van der Waals surface area contributed by atoms with Gasteiger partial charge >= 0.3 is 7.12 Å². The molecular formula is C20H35BO3. The second-order valence-corrected chi connectivity index (χ2v) is 6.49. The number of benzene rings is 1. The van der Waals surface area contributed by atoms with Gasteiger partial charge in [0.25, 0.3) is 0 Å². The summed E-state index contributed by atoms with van der Waals surface area (Å²) in [5.74, 6) is 0.275. The Hall–Kier alpha value is -0.995. The van der Waals surface area contributed by atoms with Crippen LogP contribution in [0.1, 0.15) is 78.1 Å². The van der Waals surface area contributed by atoms with Crippen molar-refractivity contribution >= 4 is 12.6 Å². The van der Waals surface area contributed by atoms with E-state index < -0.39 is 0 Å². The summed E-state index contributed by atoms with van der Waals surface area (Å²) >= 11 is 0. The summed E-state index contributed by atoms with van der Waals surface area (Å²) < 4.78 is 11.9. The molecule has 0 amide bonds. The van der Waals surface area contributed by atoms with Gasteiger partial charge in [-0.1, -0.05) is 77.3 Å². The molecule has 0 aliphatic heterocycles. The lowest BCUT2D eigenvalue weighted by Gasteiger charge is -2.15. The van der Waals surface area contributed by atoms with Crippen molar-refractivity contribution < 1.29 is 14.4 Å². The fraction of sp³-hybridized carbons (Fsp3) is 0.700. The third-order valence-electron chi connectivity index (χ3n) is 4.20. The van der Waals surface area contributed by atoms with Crippen molar-refractivity contribution in [3.8, 4) is 5.75 Å². The fourth-order valence-corrected chi connectivity index (χ4v) is 2.66. The number of phenolic OH excluding ortho intramolecular Hbond substituents is 1. The van der Waals surface area contributed by atoms with Gasteiger partial charge in [0.2, 0.25) is 0 Å². The molecule has 3 nitrogen and oxygen atoms in total. The zero-order chi connectivity index (χ0) is 17.5. The molecule has 0 aromatic heterocycles. The van der Waals surface area contributed by atoms with E-state index in [0.29, 0.717) is 0 Å². The molecule has 0 aliphatic rings. The molecule has 1 rings (SSSR count). The highest BCUT2D eigenvalue weighted by Crippen LogP contribution is 2.08. The first-order chi connectivity index (χ1) is 11.8. The average molecular weight is 334 g/mol. The van der Waals surface area contributed by atoms with Gasteiger partial charge in [-0.05, 0) is 30.4 Å². The smallest absolute Gasteiger partial charge is 0.493 e. The summed E-state index contributed by atoms with van der Waals surface area (Å²) in [5, 5.41) is 9.45. The highest BCUT2D eigenvalue weighted by molar-refractivity contribution is 6.61. The van der Waals surface area contributed by atoms with E-state index in [1.54, 1.807) is 12.1 Å². The van der Waals surface area contributed by atoms with Gasteiger partial charge in [0.1, 0.15) is 5.75 Å². The summed E-state index contributed by atoms with van der Waals surface area (Å²) in [5.41, 5.74) is 0.981. The largest absolute Gasteiger partial charge is 0.508 e. The van der Waals surface area contributed by atoms with Crippen molar-refractivity contribution in [2.24, 2.45) is 0 Å². The van der Waals surface area contributed by atoms with Gasteiger partial charge in [-0.3, -0.25) is 0 Å². The van der Waals surface area contributed by atoms with Crippen LogP contribution < -0.4 is 5.46 Å². The van der Waals surface area contributed by atoms with Crippen LogP contribution in [0.25, 0.3) is 0 Å². The van der Waals surface area contributed by atoms with Crippen molar-refractivity contribution in [1.82, 2.24) is 0 Å². The monoisotopic (exact) mass is 334 g/mol. The van der Waals surface area contributed by atoms with Gasteiger partial charge in [-0.2, -0.15) is 0 Å². The molecule has 0 fully saturated rings. The third kappa shape index (κ3) is 9.99. The van der Waals surface area contributed by atoms with E-state index in [9.17, 15) is 5.11 Å². The van der Waals surface area contributed by atoms with Gasteiger partial charge in [-0.25, -0.2) is 0 Å². The van der Waals surface area contributed by atoms with Crippen LogP contribution in [0.15, 0.2) is 24.3 Å². The Morgan fingerprint density at radius 1 is 0.708 bits per heavy atom. The molecule has 0 spiro atoms. The molecule has 4 heteroatoms. The molecule has 1 aromatic rings. The second kappa shape index (κ2) is 14.4. The van der Waals surface area contributed by atoms with E-state index in [2.05, 4.69) is 13.8 Å². The van der Waals surface area contributed by atoms with E-state index in [-0.39, 0.29) is 12.9 Å². The Balaban J connectivity index is 2.34. The van der Waals surface area contributed by atoms with Crippen molar-refractivity contribution in [3.05, 3.63) is 24.3 Å². The molecule has 0 atom stereocenters. The van der Waals surface area contributed by atoms with Crippen LogP contribution in [0.3, 0.4) is 0 Å². The third-order valence-corrected chi connectivity index (χ3v) is 4.20.